The van der Waals surface area contributed by atoms with Crippen molar-refractivity contribution in [1.29, 1.82) is 0 Å². The second-order valence-electron chi connectivity index (χ2n) is 11.7. The van der Waals surface area contributed by atoms with Crippen LogP contribution in [0.15, 0.2) is 96.3 Å². The molecule has 234 valence electrons. The summed E-state index contributed by atoms with van der Waals surface area (Å²) in [5.41, 5.74) is 4.91. The van der Waals surface area contributed by atoms with E-state index in [0.29, 0.717) is 27.3 Å². The number of carbonyl (C=O) groups is 1. The minimum atomic E-state index is -4.51. The molecule has 2 aliphatic heterocycles. The van der Waals surface area contributed by atoms with E-state index in [4.69, 9.17) is 15.9 Å². The average molecular weight is 656 g/mol. The number of likely N-dealkylation sites (N-methyl/N-ethyl adjacent to an activating group) is 1. The number of urea groups is 1. The third-order valence-electron chi connectivity index (χ3n) is 8.71. The lowest BCUT2D eigenvalue weighted by atomic mass is 10.0. The number of hydrogen-bond donors (Lipinski definition) is 0. The van der Waals surface area contributed by atoms with Crippen LogP contribution in [0, 0.1) is 6.92 Å². The highest BCUT2D eigenvalue weighted by Crippen LogP contribution is 2.53. The zero-order valence-corrected chi connectivity index (χ0v) is 27.2. The quantitative estimate of drug-likeness (QED) is 0.190. The summed E-state index contributed by atoms with van der Waals surface area (Å²) < 4.78 is 33.4. The molecule has 1 unspecified atom stereocenters. The number of rotatable bonds is 6. The summed E-state index contributed by atoms with van der Waals surface area (Å²) >= 11 is 6.97. The van der Waals surface area contributed by atoms with Crippen molar-refractivity contribution in [1.82, 2.24) is 19.5 Å². The molecule has 12 heteroatoms. The van der Waals surface area contributed by atoms with Crippen molar-refractivity contribution in [2.24, 2.45) is 0 Å². The molecule has 46 heavy (non-hydrogen) atoms. The molecule has 0 spiro atoms. The lowest BCUT2D eigenvalue weighted by Gasteiger charge is -2.35. The first-order valence-corrected chi connectivity index (χ1v) is 16.6. The van der Waals surface area contributed by atoms with Crippen LogP contribution in [0.5, 0.6) is 0 Å². The summed E-state index contributed by atoms with van der Waals surface area (Å²) in [4.78, 5) is 29.2. The molecule has 3 aromatic carbocycles. The van der Waals surface area contributed by atoms with Crippen LogP contribution in [0.4, 0.5) is 27.5 Å². The van der Waals surface area contributed by atoms with Gasteiger partial charge in [-0.15, -0.1) is 0 Å². The number of fused-ring (bicyclic) bond motifs is 3. The molecule has 5 aromatic rings. The van der Waals surface area contributed by atoms with Gasteiger partial charge in [-0.25, -0.2) is 4.79 Å². The van der Waals surface area contributed by atoms with Crippen molar-refractivity contribution in [3.63, 3.8) is 0 Å². The van der Waals surface area contributed by atoms with Crippen molar-refractivity contribution in [2.45, 2.75) is 11.8 Å². The van der Waals surface area contributed by atoms with E-state index < -0.39 is 20.8 Å². The summed E-state index contributed by atoms with van der Waals surface area (Å²) in [5, 5.41) is 0.934. The number of amides is 2. The molecule has 1 saturated heterocycles. The molecule has 0 bridgehead atoms. The first kappa shape index (κ1) is 30.3. The van der Waals surface area contributed by atoms with Crippen molar-refractivity contribution < 1.29 is 17.5 Å². The van der Waals surface area contributed by atoms with Crippen molar-refractivity contribution in [3.8, 4) is 11.1 Å². The standard InChI is InChI=1S/C34H32ClN6O4S/c1-23-6-10-27(11-7-23)46(43,44)45-41(26-9-13-31(29(35)20-26)40-17-15-38(2)16-18-40)33-28-19-24(25-5-4-14-36-21-25)8-12-30(28)37-22-32(33)39(3)34(41)42/h4-14,19-22H,15-18H2,1-3H3/q+1. The maximum absolute atomic E-state index is 14.6. The van der Waals surface area contributed by atoms with Gasteiger partial charge in [-0.05, 0) is 64.9 Å². The number of anilines is 2. The van der Waals surface area contributed by atoms with Crippen LogP contribution in [0.3, 0.4) is 0 Å². The van der Waals surface area contributed by atoms with E-state index in [1.807, 2.05) is 43.3 Å². The molecule has 0 aliphatic carbocycles. The summed E-state index contributed by atoms with van der Waals surface area (Å²) in [6.45, 7) is 5.19. The third-order valence-corrected chi connectivity index (χ3v) is 10.3. The molecule has 0 radical (unpaired) electrons. The summed E-state index contributed by atoms with van der Waals surface area (Å²) in [6.07, 6.45) is 5.01. The SMILES string of the molecule is Cc1ccc(S(=O)(=O)O[N+]2(c3ccc(N4CCN(C)CC4)c(Cl)c3)C(=O)N(C)c3cnc4ccc(-c5cccnc5)cc4c32)cc1. The first-order valence-electron chi connectivity index (χ1n) is 14.9. The molecular formula is C34H32ClN6O4S+. The predicted molar refractivity (Wildman–Crippen MR) is 181 cm³/mol. The monoisotopic (exact) mass is 655 g/mol. The predicted octanol–water partition coefficient (Wildman–Crippen LogP) is 6.54. The van der Waals surface area contributed by atoms with E-state index in [-0.39, 0.29) is 10.6 Å². The van der Waals surface area contributed by atoms with Gasteiger partial charge in [0.2, 0.25) is 5.69 Å². The smallest absolute Gasteiger partial charge is 0.368 e. The largest absolute Gasteiger partial charge is 0.468 e. The Morgan fingerprint density at radius 3 is 2.33 bits per heavy atom. The molecule has 7 rings (SSSR count). The normalized spacial score (nSPS) is 18.7. The van der Waals surface area contributed by atoms with Gasteiger partial charge in [-0.2, -0.15) is 8.42 Å². The maximum atomic E-state index is 14.6. The number of pyridine rings is 2. The number of hydroxylamine groups is 1. The Labute approximate surface area is 272 Å². The number of quaternary nitrogens is 1. The minimum absolute atomic E-state index is 0.0749. The Bertz CT molecular complexity index is 2090. The van der Waals surface area contributed by atoms with Crippen LogP contribution < -0.4 is 14.4 Å². The second kappa shape index (κ2) is 11.4. The highest BCUT2D eigenvalue weighted by atomic mass is 35.5. The van der Waals surface area contributed by atoms with Crippen LogP contribution in [0.2, 0.25) is 5.02 Å². The number of hydrogen-bond acceptors (Lipinski definition) is 8. The fourth-order valence-corrected chi connectivity index (χ4v) is 7.48. The van der Waals surface area contributed by atoms with Gasteiger partial charge in [-0.1, -0.05) is 41.4 Å². The lowest BCUT2D eigenvalue weighted by Crippen LogP contribution is -2.51. The van der Waals surface area contributed by atoms with Crippen LogP contribution in [-0.4, -0.2) is 69.6 Å². The molecule has 4 heterocycles. The fraction of sp³-hybridized carbons (Fsp3) is 0.206. The third kappa shape index (κ3) is 5.01. The van der Waals surface area contributed by atoms with E-state index >= 15 is 0 Å². The van der Waals surface area contributed by atoms with E-state index in [2.05, 4.69) is 26.8 Å². The van der Waals surface area contributed by atoms with Gasteiger partial charge < -0.3 is 9.80 Å². The molecule has 1 fully saturated rings. The Morgan fingerprint density at radius 1 is 0.870 bits per heavy atom. The zero-order valence-electron chi connectivity index (χ0n) is 25.6. The number of benzene rings is 3. The minimum Gasteiger partial charge on any atom is -0.368 e. The molecule has 10 nitrogen and oxygen atoms in total. The van der Waals surface area contributed by atoms with Crippen molar-refractivity contribution in [2.75, 3.05) is 50.1 Å². The van der Waals surface area contributed by atoms with Crippen molar-refractivity contribution >= 4 is 61.4 Å². The number of piperazine rings is 1. The van der Waals surface area contributed by atoms with Crippen LogP contribution >= 0.6 is 11.6 Å². The van der Waals surface area contributed by atoms with Crippen LogP contribution in [0.1, 0.15) is 5.56 Å². The average Bonchev–Trinajstić information content (AvgIpc) is 3.28. The van der Waals surface area contributed by atoms with Gasteiger partial charge in [-0.3, -0.25) is 14.9 Å². The fourth-order valence-electron chi connectivity index (χ4n) is 6.11. The molecule has 2 aromatic heterocycles. The second-order valence-corrected chi connectivity index (χ2v) is 13.6. The molecule has 0 saturated carbocycles. The molecular weight excluding hydrogens is 624 g/mol. The summed E-state index contributed by atoms with van der Waals surface area (Å²) in [6, 6.07) is 20.3. The Kier molecular flexibility index (Phi) is 7.53. The number of halogens is 1. The van der Waals surface area contributed by atoms with E-state index in [0.717, 1.165) is 48.6 Å². The maximum Gasteiger partial charge on any atom is 0.468 e. The highest BCUT2D eigenvalue weighted by Gasteiger charge is 2.60. The number of aromatic nitrogens is 2. The van der Waals surface area contributed by atoms with Gasteiger partial charge >= 0.3 is 16.1 Å². The van der Waals surface area contributed by atoms with Gasteiger partial charge in [0.05, 0.1) is 32.7 Å². The zero-order chi connectivity index (χ0) is 32.2. The summed E-state index contributed by atoms with van der Waals surface area (Å²) in [5.74, 6) is 0. The van der Waals surface area contributed by atoms with Crippen molar-refractivity contribution in [3.05, 3.63) is 102 Å². The molecule has 2 amide bonds. The number of nitrogens with zero attached hydrogens (tertiary/aromatic N) is 6. The Hall–Kier alpha value is -4.39. The molecule has 1 atom stereocenters. The summed E-state index contributed by atoms with van der Waals surface area (Å²) in [7, 11) is -0.849. The van der Waals surface area contributed by atoms with E-state index in [1.165, 1.54) is 17.0 Å². The van der Waals surface area contributed by atoms with Gasteiger partial charge in [0.15, 0.2) is 5.69 Å². The van der Waals surface area contributed by atoms with Gasteiger partial charge in [0.1, 0.15) is 5.69 Å². The van der Waals surface area contributed by atoms with Gasteiger partial charge in [0.25, 0.3) is 0 Å². The Morgan fingerprint density at radius 2 is 1.63 bits per heavy atom. The number of aryl methyl sites for hydroxylation is 1. The van der Waals surface area contributed by atoms with Gasteiger partial charge in [0, 0.05) is 63.3 Å². The lowest BCUT2D eigenvalue weighted by molar-refractivity contribution is 0.0639. The van der Waals surface area contributed by atoms with E-state index in [9.17, 15) is 13.2 Å². The topological polar surface area (TPSA) is 95.9 Å². The van der Waals surface area contributed by atoms with E-state index in [1.54, 1.807) is 49.9 Å². The molecule has 2 aliphatic rings. The van der Waals surface area contributed by atoms with Crippen LogP contribution in [0.25, 0.3) is 22.0 Å². The number of carbonyl (C=O) groups excluding carboxylic acids is 1. The highest BCUT2D eigenvalue weighted by molar-refractivity contribution is 7.86. The van der Waals surface area contributed by atoms with Crippen LogP contribution in [-0.2, 0) is 14.4 Å². The Balaban J connectivity index is 1.48. The first-order chi connectivity index (χ1) is 22.1. The molecule has 0 N–H and O–H groups in total.